The van der Waals surface area contributed by atoms with Gasteiger partial charge in [-0.2, -0.15) is 0 Å². The third-order valence-electron chi connectivity index (χ3n) is 5.64. The van der Waals surface area contributed by atoms with Gasteiger partial charge in [-0.15, -0.1) is 0 Å². The molecule has 0 fully saturated rings. The Bertz CT molecular complexity index is 1170. The summed E-state index contributed by atoms with van der Waals surface area (Å²) in [6.07, 6.45) is 0.235. The molecule has 1 unspecified atom stereocenters. The number of nitrogens with zero attached hydrogens (tertiary/aromatic N) is 1. The van der Waals surface area contributed by atoms with Gasteiger partial charge in [0.15, 0.2) is 0 Å². The Morgan fingerprint density at radius 1 is 0.941 bits per heavy atom. The van der Waals surface area contributed by atoms with Crippen molar-refractivity contribution in [1.29, 1.82) is 0 Å². The summed E-state index contributed by atoms with van der Waals surface area (Å²) in [5, 5.41) is 18.3. The molecule has 1 aliphatic rings. The van der Waals surface area contributed by atoms with Gasteiger partial charge in [0, 0.05) is 43.1 Å². The number of anilines is 2. The van der Waals surface area contributed by atoms with E-state index in [0.29, 0.717) is 23.5 Å². The number of carbonyl (C=O) groups is 2. The molecule has 1 aliphatic heterocycles. The van der Waals surface area contributed by atoms with Crippen LogP contribution in [0, 0.1) is 5.82 Å². The third kappa shape index (κ3) is 6.40. The van der Waals surface area contributed by atoms with Crippen LogP contribution in [0.3, 0.4) is 0 Å². The van der Waals surface area contributed by atoms with Gasteiger partial charge in [-0.05, 0) is 53.9 Å². The van der Waals surface area contributed by atoms with Gasteiger partial charge < -0.3 is 21.1 Å². The number of rotatable bonds is 7. The molecule has 176 valence electrons. The second-order valence-electron chi connectivity index (χ2n) is 8.29. The monoisotopic (exact) mass is 462 g/mol. The fraction of sp³-hybridized carbons (Fsp3) is 0.231. The molecule has 1 heterocycles. The van der Waals surface area contributed by atoms with Crippen molar-refractivity contribution in [1.82, 2.24) is 10.2 Å². The van der Waals surface area contributed by atoms with E-state index in [2.05, 4.69) is 33.0 Å². The first-order valence-electron chi connectivity index (χ1n) is 11.2. The SMILES string of the molecule is O=C(NCC(O)CN1CCc2ccccc2C1)Nc1cccc(C(=O)Nc2cccc(F)c2)c1. The first-order chi connectivity index (χ1) is 16.5. The number of fused-ring (bicyclic) bond motifs is 1. The van der Waals surface area contributed by atoms with Crippen LogP contribution in [0.25, 0.3) is 0 Å². The number of aliphatic hydroxyl groups is 1. The molecule has 0 radical (unpaired) electrons. The van der Waals surface area contributed by atoms with Gasteiger partial charge in [-0.25, -0.2) is 9.18 Å². The van der Waals surface area contributed by atoms with Gasteiger partial charge in [0.2, 0.25) is 0 Å². The van der Waals surface area contributed by atoms with Gasteiger partial charge in [0.1, 0.15) is 5.82 Å². The van der Waals surface area contributed by atoms with Crippen LogP contribution in [-0.4, -0.2) is 47.7 Å². The molecule has 0 aliphatic carbocycles. The standard InChI is InChI=1S/C26H27FN4O3/c27-21-8-4-10-23(14-21)29-25(33)19-7-3-9-22(13-19)30-26(34)28-15-24(32)17-31-12-11-18-5-1-2-6-20(18)16-31/h1-10,13-14,24,32H,11-12,15-17H2,(H,29,33)(H2,28,30,34). The Balaban J connectivity index is 1.24. The normalized spacial score (nSPS) is 14.1. The van der Waals surface area contributed by atoms with Crippen molar-refractivity contribution in [3.8, 4) is 0 Å². The van der Waals surface area contributed by atoms with E-state index in [4.69, 9.17) is 0 Å². The number of hydrogen-bond donors (Lipinski definition) is 4. The van der Waals surface area contributed by atoms with Crippen LogP contribution >= 0.6 is 0 Å². The summed E-state index contributed by atoms with van der Waals surface area (Å²) in [6.45, 7) is 2.21. The highest BCUT2D eigenvalue weighted by atomic mass is 19.1. The number of carbonyl (C=O) groups excluding carboxylic acids is 2. The van der Waals surface area contributed by atoms with Gasteiger partial charge in [-0.1, -0.05) is 36.4 Å². The van der Waals surface area contributed by atoms with Crippen LogP contribution in [0.1, 0.15) is 21.5 Å². The first-order valence-corrected chi connectivity index (χ1v) is 11.2. The van der Waals surface area contributed by atoms with Crippen LogP contribution in [-0.2, 0) is 13.0 Å². The van der Waals surface area contributed by atoms with Crippen molar-refractivity contribution in [2.24, 2.45) is 0 Å². The Labute approximate surface area is 197 Å². The van der Waals surface area contributed by atoms with Crippen molar-refractivity contribution >= 4 is 23.3 Å². The van der Waals surface area contributed by atoms with Crippen molar-refractivity contribution in [2.75, 3.05) is 30.3 Å². The number of aliphatic hydroxyl groups excluding tert-OH is 1. The number of β-amino-alcohol motifs (C(OH)–C–C–N with tert-alkyl or cyclic N) is 1. The summed E-state index contributed by atoms with van der Waals surface area (Å²) in [6, 6.07) is 19.8. The number of urea groups is 1. The summed E-state index contributed by atoms with van der Waals surface area (Å²) in [7, 11) is 0. The molecule has 8 heteroatoms. The smallest absolute Gasteiger partial charge is 0.319 e. The number of nitrogens with one attached hydrogen (secondary N) is 3. The number of hydrogen-bond acceptors (Lipinski definition) is 4. The summed E-state index contributed by atoms with van der Waals surface area (Å²) in [5.74, 6) is -0.870. The third-order valence-corrected chi connectivity index (χ3v) is 5.64. The van der Waals surface area contributed by atoms with Gasteiger partial charge in [0.25, 0.3) is 5.91 Å². The summed E-state index contributed by atoms with van der Waals surface area (Å²) in [5.41, 5.74) is 3.69. The highest BCUT2D eigenvalue weighted by molar-refractivity contribution is 6.05. The van der Waals surface area contributed by atoms with Crippen LogP contribution in [0.2, 0.25) is 0 Å². The predicted octanol–water partition coefficient (Wildman–Crippen LogP) is 3.62. The first kappa shape index (κ1) is 23.4. The van der Waals surface area contributed by atoms with Gasteiger partial charge in [0.05, 0.1) is 6.10 Å². The van der Waals surface area contributed by atoms with Crippen molar-refractivity contribution in [2.45, 2.75) is 19.1 Å². The molecule has 3 aromatic rings. The van der Waals surface area contributed by atoms with E-state index in [0.717, 1.165) is 19.5 Å². The quantitative estimate of drug-likeness (QED) is 0.432. The van der Waals surface area contributed by atoms with E-state index in [9.17, 15) is 19.1 Å². The molecule has 3 amide bonds. The van der Waals surface area contributed by atoms with E-state index in [-0.39, 0.29) is 6.54 Å². The van der Waals surface area contributed by atoms with Crippen molar-refractivity contribution in [3.63, 3.8) is 0 Å². The zero-order valence-corrected chi connectivity index (χ0v) is 18.6. The molecule has 3 aromatic carbocycles. The van der Waals surface area contributed by atoms with E-state index in [1.165, 1.54) is 35.4 Å². The molecule has 0 bridgehead atoms. The summed E-state index contributed by atoms with van der Waals surface area (Å²) >= 11 is 0. The molecule has 4 N–H and O–H groups in total. The molecular formula is C26H27FN4O3. The van der Waals surface area contributed by atoms with Crippen LogP contribution in [0.5, 0.6) is 0 Å². The minimum atomic E-state index is -0.709. The highest BCUT2D eigenvalue weighted by Gasteiger charge is 2.19. The van der Waals surface area contributed by atoms with E-state index in [1.54, 1.807) is 24.3 Å². The predicted molar refractivity (Wildman–Crippen MR) is 129 cm³/mol. The lowest BCUT2D eigenvalue weighted by atomic mass is 10.00. The van der Waals surface area contributed by atoms with Gasteiger partial charge >= 0.3 is 6.03 Å². The fourth-order valence-corrected chi connectivity index (χ4v) is 3.97. The van der Waals surface area contributed by atoms with Crippen molar-refractivity contribution < 1.29 is 19.1 Å². The molecule has 0 saturated heterocycles. The highest BCUT2D eigenvalue weighted by Crippen LogP contribution is 2.18. The fourth-order valence-electron chi connectivity index (χ4n) is 3.97. The molecule has 7 nitrogen and oxygen atoms in total. The number of halogens is 1. The second kappa shape index (κ2) is 10.9. The number of amides is 3. The summed E-state index contributed by atoms with van der Waals surface area (Å²) in [4.78, 5) is 26.9. The largest absolute Gasteiger partial charge is 0.390 e. The molecule has 1 atom stereocenters. The molecular weight excluding hydrogens is 435 g/mol. The maximum Gasteiger partial charge on any atom is 0.319 e. The Morgan fingerprint density at radius 2 is 1.68 bits per heavy atom. The average molecular weight is 463 g/mol. The van der Waals surface area contributed by atoms with Gasteiger partial charge in [-0.3, -0.25) is 9.69 Å². The van der Waals surface area contributed by atoms with E-state index in [1.807, 2.05) is 12.1 Å². The second-order valence-corrected chi connectivity index (χ2v) is 8.29. The minimum Gasteiger partial charge on any atom is -0.390 e. The zero-order chi connectivity index (χ0) is 23.9. The summed E-state index contributed by atoms with van der Waals surface area (Å²) < 4.78 is 13.3. The molecule has 4 rings (SSSR count). The lowest BCUT2D eigenvalue weighted by molar-refractivity contribution is 0.102. The average Bonchev–Trinajstić information content (AvgIpc) is 2.83. The Morgan fingerprint density at radius 3 is 2.47 bits per heavy atom. The number of benzene rings is 3. The minimum absolute atomic E-state index is 0.101. The molecule has 0 saturated carbocycles. The zero-order valence-electron chi connectivity index (χ0n) is 18.6. The lowest BCUT2D eigenvalue weighted by Crippen LogP contribution is -2.42. The molecule has 0 spiro atoms. The van der Waals surface area contributed by atoms with Crippen LogP contribution < -0.4 is 16.0 Å². The topological polar surface area (TPSA) is 93.7 Å². The van der Waals surface area contributed by atoms with E-state index < -0.39 is 23.9 Å². The maximum absolute atomic E-state index is 13.3. The molecule has 34 heavy (non-hydrogen) atoms. The Hall–Kier alpha value is -3.75. The Kier molecular flexibility index (Phi) is 7.51. The van der Waals surface area contributed by atoms with Crippen molar-refractivity contribution in [3.05, 3.63) is 95.3 Å². The van der Waals surface area contributed by atoms with Crippen LogP contribution in [0.4, 0.5) is 20.6 Å². The molecule has 0 aromatic heterocycles. The lowest BCUT2D eigenvalue weighted by Gasteiger charge is -2.30. The maximum atomic E-state index is 13.3. The van der Waals surface area contributed by atoms with E-state index >= 15 is 0 Å². The van der Waals surface area contributed by atoms with Crippen LogP contribution in [0.15, 0.2) is 72.8 Å².